The molecule has 0 aliphatic heterocycles. The number of halogens is 1. The summed E-state index contributed by atoms with van der Waals surface area (Å²) in [6.07, 6.45) is 0. The van der Waals surface area contributed by atoms with Gasteiger partial charge in [0.2, 0.25) is 11.8 Å². The predicted octanol–water partition coefficient (Wildman–Crippen LogP) is 1.48. The molecule has 0 aliphatic carbocycles. The summed E-state index contributed by atoms with van der Waals surface area (Å²) in [5.74, 6) is -0.0598. The van der Waals surface area contributed by atoms with Crippen molar-refractivity contribution in [3.05, 3.63) is 29.3 Å². The summed E-state index contributed by atoms with van der Waals surface area (Å²) in [5, 5.41) is 5.74. The summed E-state index contributed by atoms with van der Waals surface area (Å²) in [5.41, 5.74) is 5.98. The molecule has 0 heterocycles. The van der Waals surface area contributed by atoms with Gasteiger partial charge in [-0.1, -0.05) is 11.6 Å². The SMILES string of the molecule is CC(SCC(=O)Nc1ccc(Cl)cc1)C(=O)NCCN. The van der Waals surface area contributed by atoms with E-state index >= 15 is 0 Å². The molecule has 0 saturated heterocycles. The summed E-state index contributed by atoms with van der Waals surface area (Å²) in [4.78, 5) is 23.3. The summed E-state index contributed by atoms with van der Waals surface area (Å²) in [6, 6.07) is 6.85. The number of rotatable bonds is 7. The first-order chi connectivity index (χ1) is 9.52. The first-order valence-electron chi connectivity index (χ1n) is 6.17. The van der Waals surface area contributed by atoms with E-state index in [1.165, 1.54) is 11.8 Å². The number of hydrogen-bond acceptors (Lipinski definition) is 4. The maximum absolute atomic E-state index is 11.7. The monoisotopic (exact) mass is 315 g/mol. The molecule has 1 atom stereocenters. The van der Waals surface area contributed by atoms with Crippen LogP contribution in [0.1, 0.15) is 6.92 Å². The van der Waals surface area contributed by atoms with Crippen LogP contribution >= 0.6 is 23.4 Å². The van der Waals surface area contributed by atoms with Gasteiger partial charge in [-0.25, -0.2) is 0 Å². The van der Waals surface area contributed by atoms with Gasteiger partial charge in [-0.2, -0.15) is 0 Å². The van der Waals surface area contributed by atoms with E-state index in [0.29, 0.717) is 23.8 Å². The van der Waals surface area contributed by atoms with Crippen molar-refractivity contribution in [2.75, 3.05) is 24.2 Å². The number of nitrogens with one attached hydrogen (secondary N) is 2. The van der Waals surface area contributed by atoms with Crippen molar-refractivity contribution in [2.24, 2.45) is 5.73 Å². The number of benzene rings is 1. The summed E-state index contributed by atoms with van der Waals surface area (Å²) < 4.78 is 0. The number of carbonyl (C=O) groups is 2. The molecule has 0 aromatic heterocycles. The van der Waals surface area contributed by atoms with Gasteiger partial charge >= 0.3 is 0 Å². The van der Waals surface area contributed by atoms with Crippen molar-refractivity contribution in [3.63, 3.8) is 0 Å². The third kappa shape index (κ3) is 6.27. The first kappa shape index (κ1) is 16.8. The van der Waals surface area contributed by atoms with E-state index < -0.39 is 0 Å². The quantitative estimate of drug-likeness (QED) is 0.711. The Bertz CT molecular complexity index is 453. The van der Waals surface area contributed by atoms with Crippen molar-refractivity contribution in [1.29, 1.82) is 0 Å². The molecule has 110 valence electrons. The number of anilines is 1. The van der Waals surface area contributed by atoms with Crippen molar-refractivity contribution in [2.45, 2.75) is 12.2 Å². The molecule has 4 N–H and O–H groups in total. The van der Waals surface area contributed by atoms with E-state index in [4.69, 9.17) is 17.3 Å². The van der Waals surface area contributed by atoms with E-state index in [0.717, 1.165) is 0 Å². The van der Waals surface area contributed by atoms with Crippen LogP contribution < -0.4 is 16.4 Å². The van der Waals surface area contributed by atoms with Crippen LogP contribution in [0.25, 0.3) is 0 Å². The lowest BCUT2D eigenvalue weighted by Gasteiger charge is -2.11. The fraction of sp³-hybridized carbons (Fsp3) is 0.385. The lowest BCUT2D eigenvalue weighted by atomic mass is 10.3. The van der Waals surface area contributed by atoms with Crippen LogP contribution in [0.3, 0.4) is 0 Å². The summed E-state index contributed by atoms with van der Waals surface area (Å²) in [7, 11) is 0. The van der Waals surface area contributed by atoms with Crippen molar-refractivity contribution in [3.8, 4) is 0 Å². The van der Waals surface area contributed by atoms with Gasteiger partial charge in [0.1, 0.15) is 0 Å². The molecule has 5 nitrogen and oxygen atoms in total. The third-order valence-electron chi connectivity index (χ3n) is 2.41. The van der Waals surface area contributed by atoms with Crippen LogP contribution in [0.5, 0.6) is 0 Å². The number of nitrogens with two attached hydrogens (primary N) is 1. The van der Waals surface area contributed by atoms with Gasteiger partial charge in [-0.3, -0.25) is 9.59 Å². The Hall–Kier alpha value is -1.24. The molecule has 0 spiro atoms. The van der Waals surface area contributed by atoms with Crippen molar-refractivity contribution < 1.29 is 9.59 Å². The number of amides is 2. The van der Waals surface area contributed by atoms with Crippen molar-refractivity contribution >= 4 is 40.9 Å². The molecule has 1 aromatic carbocycles. The average molecular weight is 316 g/mol. The second-order valence-corrected chi connectivity index (χ2v) is 5.85. The number of thioether (sulfide) groups is 1. The molecule has 0 saturated carbocycles. The highest BCUT2D eigenvalue weighted by atomic mass is 35.5. The molecule has 2 amide bonds. The maximum Gasteiger partial charge on any atom is 0.234 e. The Kier molecular flexibility index (Phi) is 7.43. The van der Waals surface area contributed by atoms with Gasteiger partial charge in [0.15, 0.2) is 0 Å². The summed E-state index contributed by atoms with van der Waals surface area (Å²) >= 11 is 7.03. The highest BCUT2D eigenvalue weighted by Gasteiger charge is 2.14. The second-order valence-electron chi connectivity index (χ2n) is 4.09. The second kappa shape index (κ2) is 8.84. The Morgan fingerprint density at radius 1 is 1.35 bits per heavy atom. The molecular weight excluding hydrogens is 298 g/mol. The molecule has 0 bridgehead atoms. The Morgan fingerprint density at radius 3 is 2.60 bits per heavy atom. The zero-order chi connectivity index (χ0) is 15.0. The van der Waals surface area contributed by atoms with Crippen LogP contribution in [-0.4, -0.2) is 35.9 Å². The van der Waals surface area contributed by atoms with Gasteiger partial charge in [0.05, 0.1) is 11.0 Å². The molecule has 1 unspecified atom stereocenters. The van der Waals surface area contributed by atoms with Gasteiger partial charge in [0, 0.05) is 23.8 Å². The molecular formula is C13H18ClN3O2S. The Morgan fingerprint density at radius 2 is 2.00 bits per heavy atom. The van der Waals surface area contributed by atoms with E-state index in [1.807, 2.05) is 0 Å². The van der Waals surface area contributed by atoms with E-state index in [9.17, 15) is 9.59 Å². The zero-order valence-electron chi connectivity index (χ0n) is 11.2. The van der Waals surface area contributed by atoms with Crippen LogP contribution in [0.15, 0.2) is 24.3 Å². The van der Waals surface area contributed by atoms with Crippen LogP contribution in [0.4, 0.5) is 5.69 Å². The molecule has 1 aromatic rings. The normalized spacial score (nSPS) is 11.8. The van der Waals surface area contributed by atoms with Crippen LogP contribution in [-0.2, 0) is 9.59 Å². The fourth-order valence-electron chi connectivity index (χ4n) is 1.35. The first-order valence-corrected chi connectivity index (χ1v) is 7.60. The Labute approximate surface area is 127 Å². The van der Waals surface area contributed by atoms with Gasteiger partial charge < -0.3 is 16.4 Å². The molecule has 7 heteroatoms. The average Bonchev–Trinajstić information content (AvgIpc) is 2.44. The highest BCUT2D eigenvalue weighted by Crippen LogP contribution is 2.15. The minimum Gasteiger partial charge on any atom is -0.354 e. The molecule has 1 rings (SSSR count). The highest BCUT2D eigenvalue weighted by molar-refractivity contribution is 8.01. The fourth-order valence-corrected chi connectivity index (χ4v) is 2.18. The number of hydrogen-bond donors (Lipinski definition) is 3. The van der Waals surface area contributed by atoms with Crippen LogP contribution in [0.2, 0.25) is 5.02 Å². The third-order valence-corrected chi connectivity index (χ3v) is 3.80. The molecule has 0 radical (unpaired) electrons. The zero-order valence-corrected chi connectivity index (χ0v) is 12.8. The van der Waals surface area contributed by atoms with Gasteiger partial charge in [-0.05, 0) is 31.2 Å². The van der Waals surface area contributed by atoms with E-state index in [2.05, 4.69) is 10.6 Å². The smallest absolute Gasteiger partial charge is 0.234 e. The van der Waals surface area contributed by atoms with E-state index in [1.54, 1.807) is 31.2 Å². The minimum atomic E-state index is -0.294. The lowest BCUT2D eigenvalue weighted by molar-refractivity contribution is -0.120. The molecule has 20 heavy (non-hydrogen) atoms. The lowest BCUT2D eigenvalue weighted by Crippen LogP contribution is -2.35. The number of carbonyl (C=O) groups excluding carboxylic acids is 2. The van der Waals surface area contributed by atoms with Gasteiger partial charge in [0.25, 0.3) is 0 Å². The Balaban J connectivity index is 2.32. The summed E-state index contributed by atoms with van der Waals surface area (Å²) in [6.45, 7) is 2.60. The standard InChI is InChI=1S/C13H18ClN3O2S/c1-9(13(19)16-7-6-15)20-8-12(18)17-11-4-2-10(14)3-5-11/h2-5,9H,6-8,15H2,1H3,(H,16,19)(H,17,18). The molecule has 0 fully saturated rings. The maximum atomic E-state index is 11.7. The largest absolute Gasteiger partial charge is 0.354 e. The predicted molar refractivity (Wildman–Crippen MR) is 84.1 cm³/mol. The van der Waals surface area contributed by atoms with Gasteiger partial charge in [-0.15, -0.1) is 11.8 Å². The minimum absolute atomic E-state index is 0.111. The van der Waals surface area contributed by atoms with E-state index in [-0.39, 0.29) is 22.8 Å². The van der Waals surface area contributed by atoms with Crippen LogP contribution in [0, 0.1) is 0 Å². The molecule has 0 aliphatic rings. The topological polar surface area (TPSA) is 84.2 Å². The van der Waals surface area contributed by atoms with Crippen molar-refractivity contribution in [1.82, 2.24) is 5.32 Å².